The van der Waals surface area contributed by atoms with Crippen LogP contribution in [0.2, 0.25) is 5.15 Å². The molecule has 0 unspecified atom stereocenters. The Kier molecular flexibility index (Phi) is 5.39. The van der Waals surface area contributed by atoms with E-state index < -0.39 is 0 Å². The highest BCUT2D eigenvalue weighted by Gasteiger charge is 2.14. The minimum Gasteiger partial charge on any atom is -0.306 e. The Morgan fingerprint density at radius 3 is 2.85 bits per heavy atom. The first-order chi connectivity index (χ1) is 9.61. The van der Waals surface area contributed by atoms with Crippen molar-refractivity contribution in [2.24, 2.45) is 0 Å². The number of thioether (sulfide) groups is 1. The SMILES string of the molecule is CSCCC(=O)N(C)c1cnc(-c2ccc(Cl)nc2)s1. The fourth-order valence-corrected chi connectivity index (χ4v) is 2.91. The summed E-state index contributed by atoms with van der Waals surface area (Å²) >= 11 is 8.89. The van der Waals surface area contributed by atoms with Gasteiger partial charge in [-0.2, -0.15) is 11.8 Å². The quantitative estimate of drug-likeness (QED) is 0.787. The predicted molar refractivity (Wildman–Crippen MR) is 86.8 cm³/mol. The molecule has 20 heavy (non-hydrogen) atoms. The van der Waals surface area contributed by atoms with Crippen molar-refractivity contribution in [3.05, 3.63) is 29.7 Å². The van der Waals surface area contributed by atoms with Crippen LogP contribution in [-0.4, -0.2) is 34.9 Å². The number of pyridine rings is 1. The van der Waals surface area contributed by atoms with Crippen LogP contribution in [0.25, 0.3) is 10.6 Å². The normalized spacial score (nSPS) is 10.6. The van der Waals surface area contributed by atoms with Crippen LogP contribution in [0.5, 0.6) is 0 Å². The minimum atomic E-state index is 0.101. The van der Waals surface area contributed by atoms with E-state index in [9.17, 15) is 4.79 Å². The predicted octanol–water partition coefficient (Wildman–Crippen LogP) is 3.57. The van der Waals surface area contributed by atoms with Crippen LogP contribution in [0.3, 0.4) is 0 Å². The molecule has 0 radical (unpaired) electrons. The average Bonchev–Trinajstić information content (AvgIpc) is 2.94. The van der Waals surface area contributed by atoms with E-state index in [4.69, 9.17) is 11.6 Å². The van der Waals surface area contributed by atoms with Gasteiger partial charge in [-0.25, -0.2) is 9.97 Å². The van der Waals surface area contributed by atoms with Crippen molar-refractivity contribution in [1.29, 1.82) is 0 Å². The molecule has 2 aromatic heterocycles. The summed E-state index contributed by atoms with van der Waals surface area (Å²) in [6.07, 6.45) is 5.92. The number of rotatable bonds is 5. The first kappa shape index (κ1) is 15.3. The number of nitrogens with zero attached hydrogens (tertiary/aromatic N) is 3. The summed E-state index contributed by atoms with van der Waals surface area (Å²) in [4.78, 5) is 22.0. The van der Waals surface area contributed by atoms with Crippen molar-refractivity contribution in [2.45, 2.75) is 6.42 Å². The fourth-order valence-electron chi connectivity index (χ4n) is 1.54. The lowest BCUT2D eigenvalue weighted by molar-refractivity contribution is -0.117. The summed E-state index contributed by atoms with van der Waals surface area (Å²) in [7, 11) is 1.78. The zero-order valence-corrected chi connectivity index (χ0v) is 13.6. The summed E-state index contributed by atoms with van der Waals surface area (Å²) in [5.41, 5.74) is 0.899. The number of hydrogen-bond donors (Lipinski definition) is 0. The lowest BCUT2D eigenvalue weighted by Gasteiger charge is -2.13. The monoisotopic (exact) mass is 327 g/mol. The second kappa shape index (κ2) is 7.06. The molecule has 2 aromatic rings. The molecule has 0 aliphatic carbocycles. The maximum absolute atomic E-state index is 12.0. The number of carbonyl (C=O) groups excluding carboxylic acids is 1. The smallest absolute Gasteiger partial charge is 0.228 e. The minimum absolute atomic E-state index is 0.101. The fraction of sp³-hybridized carbons (Fsp3) is 0.308. The van der Waals surface area contributed by atoms with Gasteiger partial charge in [0.05, 0.1) is 6.20 Å². The molecule has 0 bridgehead atoms. The van der Waals surface area contributed by atoms with Crippen molar-refractivity contribution in [2.75, 3.05) is 24.0 Å². The van der Waals surface area contributed by atoms with Gasteiger partial charge in [-0.15, -0.1) is 0 Å². The van der Waals surface area contributed by atoms with Crippen LogP contribution in [0.4, 0.5) is 5.00 Å². The second-order valence-corrected chi connectivity index (χ2v) is 6.45. The lowest BCUT2D eigenvalue weighted by atomic mass is 10.3. The molecule has 0 aliphatic heterocycles. The zero-order chi connectivity index (χ0) is 14.5. The maximum Gasteiger partial charge on any atom is 0.228 e. The summed E-state index contributed by atoms with van der Waals surface area (Å²) < 4.78 is 0. The standard InChI is InChI=1S/C13H14ClN3OS2/c1-17(11(18)5-6-19-2)12-8-16-13(20-12)9-3-4-10(14)15-7-9/h3-4,7-8H,5-6H2,1-2H3. The van der Waals surface area contributed by atoms with Gasteiger partial charge in [0.25, 0.3) is 0 Å². The van der Waals surface area contributed by atoms with Gasteiger partial charge in [-0.3, -0.25) is 4.79 Å². The molecule has 1 amide bonds. The number of halogens is 1. The highest BCUT2D eigenvalue weighted by Crippen LogP contribution is 2.30. The van der Waals surface area contributed by atoms with E-state index >= 15 is 0 Å². The van der Waals surface area contributed by atoms with E-state index in [1.54, 1.807) is 42.2 Å². The van der Waals surface area contributed by atoms with Crippen molar-refractivity contribution < 1.29 is 4.79 Å². The Morgan fingerprint density at radius 1 is 1.40 bits per heavy atom. The molecule has 0 saturated heterocycles. The highest BCUT2D eigenvalue weighted by atomic mass is 35.5. The molecular formula is C13H14ClN3OS2. The maximum atomic E-state index is 12.0. The Labute approximate surface area is 131 Å². The molecule has 106 valence electrons. The number of aromatic nitrogens is 2. The Hall–Kier alpha value is -1.11. The van der Waals surface area contributed by atoms with Gasteiger partial charge in [0.1, 0.15) is 15.2 Å². The molecular weight excluding hydrogens is 314 g/mol. The average molecular weight is 328 g/mol. The summed E-state index contributed by atoms with van der Waals surface area (Å²) in [6.45, 7) is 0. The molecule has 7 heteroatoms. The Morgan fingerprint density at radius 2 is 2.20 bits per heavy atom. The first-order valence-electron chi connectivity index (χ1n) is 5.95. The van der Waals surface area contributed by atoms with Gasteiger partial charge in [-0.1, -0.05) is 22.9 Å². The van der Waals surface area contributed by atoms with Crippen LogP contribution < -0.4 is 4.90 Å². The van der Waals surface area contributed by atoms with Gasteiger partial charge in [0, 0.05) is 31.0 Å². The van der Waals surface area contributed by atoms with Crippen LogP contribution in [0.1, 0.15) is 6.42 Å². The molecule has 0 saturated carbocycles. The number of amides is 1. The molecule has 0 atom stereocenters. The largest absolute Gasteiger partial charge is 0.306 e. The van der Waals surface area contributed by atoms with Gasteiger partial charge >= 0.3 is 0 Å². The summed E-state index contributed by atoms with van der Waals surface area (Å²) in [5.74, 6) is 0.930. The topological polar surface area (TPSA) is 46.1 Å². The highest BCUT2D eigenvalue weighted by molar-refractivity contribution is 7.98. The molecule has 0 aliphatic rings. The Balaban J connectivity index is 2.12. The zero-order valence-electron chi connectivity index (χ0n) is 11.2. The van der Waals surface area contributed by atoms with Crippen LogP contribution in [0, 0.1) is 0 Å². The van der Waals surface area contributed by atoms with Gasteiger partial charge in [0.15, 0.2) is 0 Å². The first-order valence-corrected chi connectivity index (χ1v) is 8.54. The molecule has 4 nitrogen and oxygen atoms in total. The van der Waals surface area contributed by atoms with Crippen molar-refractivity contribution >= 4 is 45.6 Å². The Bertz CT molecular complexity index is 586. The summed E-state index contributed by atoms with van der Waals surface area (Å²) in [5, 5.41) is 2.12. The van der Waals surface area contributed by atoms with Crippen LogP contribution in [0.15, 0.2) is 24.5 Å². The van der Waals surface area contributed by atoms with E-state index in [1.165, 1.54) is 11.3 Å². The van der Waals surface area contributed by atoms with Gasteiger partial charge < -0.3 is 4.90 Å². The van der Waals surface area contributed by atoms with E-state index in [2.05, 4.69) is 9.97 Å². The summed E-state index contributed by atoms with van der Waals surface area (Å²) in [6, 6.07) is 3.60. The van der Waals surface area contributed by atoms with E-state index in [0.717, 1.165) is 21.3 Å². The third-order valence-corrected chi connectivity index (χ3v) is 4.65. The van der Waals surface area contributed by atoms with Crippen molar-refractivity contribution in [3.8, 4) is 10.6 Å². The van der Waals surface area contributed by atoms with Gasteiger partial charge in [-0.05, 0) is 18.4 Å². The van der Waals surface area contributed by atoms with Crippen molar-refractivity contribution in [1.82, 2.24) is 9.97 Å². The molecule has 0 spiro atoms. The second-order valence-electron chi connectivity index (χ2n) is 4.07. The van der Waals surface area contributed by atoms with Gasteiger partial charge in [0.2, 0.25) is 5.91 Å². The number of anilines is 1. The number of carbonyl (C=O) groups is 1. The molecule has 2 heterocycles. The van der Waals surface area contributed by atoms with Crippen LogP contribution >= 0.6 is 34.7 Å². The third kappa shape index (κ3) is 3.71. The van der Waals surface area contributed by atoms with E-state index in [1.807, 2.05) is 12.3 Å². The molecule has 0 N–H and O–H groups in total. The lowest BCUT2D eigenvalue weighted by Crippen LogP contribution is -2.25. The molecule has 0 fully saturated rings. The molecule has 2 rings (SSSR count). The number of hydrogen-bond acceptors (Lipinski definition) is 5. The van der Waals surface area contributed by atoms with Crippen molar-refractivity contribution in [3.63, 3.8) is 0 Å². The number of thiazole rings is 1. The van der Waals surface area contributed by atoms with E-state index in [-0.39, 0.29) is 5.91 Å². The van der Waals surface area contributed by atoms with E-state index in [0.29, 0.717) is 11.6 Å². The molecule has 0 aromatic carbocycles. The van der Waals surface area contributed by atoms with Crippen LogP contribution in [-0.2, 0) is 4.79 Å². The third-order valence-electron chi connectivity index (χ3n) is 2.69.